The Morgan fingerprint density at radius 2 is 2.04 bits per heavy atom. The van der Waals surface area contributed by atoms with Gasteiger partial charge in [-0.1, -0.05) is 16.8 Å². The van der Waals surface area contributed by atoms with Gasteiger partial charge in [0.1, 0.15) is 11.4 Å². The van der Waals surface area contributed by atoms with Crippen LogP contribution < -0.4 is 10.2 Å². The minimum Gasteiger partial charge on any atom is -0.382 e. The molecule has 0 aliphatic carbocycles. The van der Waals surface area contributed by atoms with Crippen molar-refractivity contribution in [1.29, 1.82) is 0 Å². The summed E-state index contributed by atoms with van der Waals surface area (Å²) < 4.78 is 28.6. The van der Waals surface area contributed by atoms with Crippen LogP contribution in [-0.2, 0) is 9.63 Å². The highest BCUT2D eigenvalue weighted by atomic mass is 35.5. The van der Waals surface area contributed by atoms with Gasteiger partial charge in [0.05, 0.1) is 9.21 Å². The first-order chi connectivity index (χ1) is 11.8. The van der Waals surface area contributed by atoms with Crippen molar-refractivity contribution >= 4 is 45.9 Å². The van der Waals surface area contributed by atoms with Crippen molar-refractivity contribution in [3.05, 3.63) is 45.1 Å². The van der Waals surface area contributed by atoms with Crippen LogP contribution in [0.15, 0.2) is 29.4 Å². The molecule has 2 aromatic rings. The van der Waals surface area contributed by atoms with E-state index in [1.165, 1.54) is 30.3 Å². The third-order valence-electron chi connectivity index (χ3n) is 3.55. The van der Waals surface area contributed by atoms with E-state index < -0.39 is 23.6 Å². The molecule has 0 spiro atoms. The molecule has 25 heavy (non-hydrogen) atoms. The van der Waals surface area contributed by atoms with E-state index in [-0.39, 0.29) is 17.8 Å². The molecule has 3 rings (SSSR count). The SMILES string of the molecule is CN(C)c1c(F)cc(NC(=O)[C@@H]2CC(c3ccc(Cl)s3)=NO2)cc1F. The van der Waals surface area contributed by atoms with Crippen LogP contribution in [0.3, 0.4) is 0 Å². The molecular formula is C16H14ClF2N3O2S. The Morgan fingerprint density at radius 1 is 1.36 bits per heavy atom. The summed E-state index contributed by atoms with van der Waals surface area (Å²) in [6.07, 6.45) is -0.612. The van der Waals surface area contributed by atoms with Gasteiger partial charge in [0.15, 0.2) is 11.6 Å². The number of oxime groups is 1. The van der Waals surface area contributed by atoms with Gasteiger partial charge in [0.2, 0.25) is 6.10 Å². The molecule has 1 aliphatic heterocycles. The highest BCUT2D eigenvalue weighted by molar-refractivity contribution is 7.18. The molecule has 1 amide bonds. The molecule has 0 radical (unpaired) electrons. The second kappa shape index (κ2) is 6.97. The second-order valence-corrected chi connectivity index (χ2v) is 7.33. The number of rotatable bonds is 4. The van der Waals surface area contributed by atoms with E-state index in [1.54, 1.807) is 12.1 Å². The zero-order valence-corrected chi connectivity index (χ0v) is 14.9. The standard InChI is InChI=1S/C16H14ClF2N3O2S/c1-22(2)15-9(18)5-8(6-10(15)19)20-16(23)12-7-11(21-24-12)13-3-4-14(17)25-13/h3-6,12H,7H2,1-2H3,(H,20,23)/t12-/m0/s1. The van der Waals surface area contributed by atoms with Crippen LogP contribution in [0.2, 0.25) is 4.34 Å². The van der Waals surface area contributed by atoms with Crippen molar-refractivity contribution in [2.75, 3.05) is 24.3 Å². The minimum absolute atomic E-state index is 0.0156. The number of hydrogen-bond acceptors (Lipinski definition) is 5. The maximum absolute atomic E-state index is 14.0. The molecule has 1 N–H and O–H groups in total. The lowest BCUT2D eigenvalue weighted by molar-refractivity contribution is -0.125. The van der Waals surface area contributed by atoms with Crippen molar-refractivity contribution in [3.63, 3.8) is 0 Å². The molecule has 0 fully saturated rings. The van der Waals surface area contributed by atoms with Gasteiger partial charge in [-0.15, -0.1) is 11.3 Å². The maximum atomic E-state index is 14.0. The van der Waals surface area contributed by atoms with Gasteiger partial charge >= 0.3 is 0 Å². The Hall–Kier alpha value is -2.19. The molecule has 1 atom stereocenters. The molecule has 0 saturated carbocycles. The van der Waals surface area contributed by atoms with E-state index in [0.717, 1.165) is 17.0 Å². The van der Waals surface area contributed by atoms with Gasteiger partial charge in [-0.3, -0.25) is 4.79 Å². The Labute approximate surface area is 151 Å². The van der Waals surface area contributed by atoms with Gasteiger partial charge < -0.3 is 15.1 Å². The van der Waals surface area contributed by atoms with E-state index in [2.05, 4.69) is 10.5 Å². The van der Waals surface area contributed by atoms with Crippen molar-refractivity contribution in [1.82, 2.24) is 0 Å². The fourth-order valence-corrected chi connectivity index (χ4v) is 3.45. The lowest BCUT2D eigenvalue weighted by Crippen LogP contribution is -2.28. The fourth-order valence-electron chi connectivity index (χ4n) is 2.42. The number of amides is 1. The lowest BCUT2D eigenvalue weighted by atomic mass is 10.1. The lowest BCUT2D eigenvalue weighted by Gasteiger charge is -2.16. The van der Waals surface area contributed by atoms with Crippen LogP contribution in [0.1, 0.15) is 11.3 Å². The summed E-state index contributed by atoms with van der Waals surface area (Å²) in [5.74, 6) is -2.06. The Kier molecular flexibility index (Phi) is 4.91. The fraction of sp³-hybridized carbons (Fsp3) is 0.250. The van der Waals surface area contributed by atoms with Crippen molar-refractivity contribution in [3.8, 4) is 0 Å². The predicted molar refractivity (Wildman–Crippen MR) is 94.7 cm³/mol. The maximum Gasteiger partial charge on any atom is 0.268 e. The monoisotopic (exact) mass is 385 g/mol. The molecule has 0 unspecified atom stereocenters. The zero-order chi connectivity index (χ0) is 18.1. The molecule has 1 aliphatic rings. The molecular weight excluding hydrogens is 372 g/mol. The van der Waals surface area contributed by atoms with Crippen LogP contribution in [-0.4, -0.2) is 31.8 Å². The van der Waals surface area contributed by atoms with Gasteiger partial charge in [-0.2, -0.15) is 0 Å². The molecule has 5 nitrogen and oxygen atoms in total. The Balaban J connectivity index is 1.68. The van der Waals surface area contributed by atoms with Gasteiger partial charge in [-0.25, -0.2) is 8.78 Å². The second-order valence-electron chi connectivity index (χ2n) is 5.61. The van der Waals surface area contributed by atoms with Crippen LogP contribution >= 0.6 is 22.9 Å². The number of thiophene rings is 1. The third-order valence-corrected chi connectivity index (χ3v) is 4.83. The summed E-state index contributed by atoms with van der Waals surface area (Å²) >= 11 is 7.21. The molecule has 0 bridgehead atoms. The number of hydrogen-bond donors (Lipinski definition) is 1. The summed E-state index contributed by atoms with van der Waals surface area (Å²) in [7, 11) is 3.06. The topological polar surface area (TPSA) is 53.9 Å². The smallest absolute Gasteiger partial charge is 0.268 e. The summed E-state index contributed by atoms with van der Waals surface area (Å²) in [4.78, 5) is 19.5. The third kappa shape index (κ3) is 3.74. The number of anilines is 2. The van der Waals surface area contributed by atoms with Crippen LogP contribution in [0, 0.1) is 11.6 Å². The number of carbonyl (C=O) groups excluding carboxylic acids is 1. The highest BCUT2D eigenvalue weighted by Crippen LogP contribution is 2.28. The average Bonchev–Trinajstić information content (AvgIpc) is 3.14. The van der Waals surface area contributed by atoms with Gasteiger partial charge in [0, 0.05) is 26.2 Å². The van der Waals surface area contributed by atoms with Crippen LogP contribution in [0.25, 0.3) is 0 Å². The van der Waals surface area contributed by atoms with E-state index in [9.17, 15) is 13.6 Å². The summed E-state index contributed by atoms with van der Waals surface area (Å²) in [6.45, 7) is 0. The molecule has 0 saturated heterocycles. The summed E-state index contributed by atoms with van der Waals surface area (Å²) in [5, 5.41) is 6.34. The molecule has 132 valence electrons. The number of benzene rings is 1. The summed E-state index contributed by atoms with van der Waals surface area (Å²) in [6, 6.07) is 5.65. The van der Waals surface area contributed by atoms with Gasteiger partial charge in [-0.05, 0) is 24.3 Å². The summed E-state index contributed by atoms with van der Waals surface area (Å²) in [5.41, 5.74) is 0.453. The van der Waals surface area contributed by atoms with E-state index in [4.69, 9.17) is 16.4 Å². The normalized spacial score (nSPS) is 16.4. The Morgan fingerprint density at radius 3 is 2.60 bits per heavy atom. The minimum atomic E-state index is -0.865. The van der Waals surface area contributed by atoms with E-state index in [0.29, 0.717) is 10.0 Å². The number of nitrogens with zero attached hydrogens (tertiary/aromatic N) is 2. The molecule has 9 heteroatoms. The predicted octanol–water partition coefficient (Wildman–Crippen LogP) is 3.88. The molecule has 2 heterocycles. The first-order valence-corrected chi connectivity index (χ1v) is 8.50. The van der Waals surface area contributed by atoms with E-state index in [1.807, 2.05) is 0 Å². The molecule has 1 aromatic carbocycles. The Bertz CT molecular complexity index is 831. The van der Waals surface area contributed by atoms with Crippen molar-refractivity contribution in [2.24, 2.45) is 5.16 Å². The zero-order valence-electron chi connectivity index (χ0n) is 13.3. The van der Waals surface area contributed by atoms with Gasteiger partial charge in [0.25, 0.3) is 5.91 Å². The van der Waals surface area contributed by atoms with E-state index >= 15 is 0 Å². The number of carbonyl (C=O) groups is 1. The van der Waals surface area contributed by atoms with Crippen molar-refractivity contribution < 1.29 is 18.4 Å². The number of halogens is 3. The van der Waals surface area contributed by atoms with Crippen LogP contribution in [0.5, 0.6) is 0 Å². The van der Waals surface area contributed by atoms with Crippen molar-refractivity contribution in [2.45, 2.75) is 12.5 Å². The quantitative estimate of drug-likeness (QED) is 0.869. The average molecular weight is 386 g/mol. The largest absolute Gasteiger partial charge is 0.382 e. The first kappa shape index (κ1) is 17.6. The van der Waals surface area contributed by atoms with Crippen LogP contribution in [0.4, 0.5) is 20.2 Å². The molecule has 1 aromatic heterocycles. The first-order valence-electron chi connectivity index (χ1n) is 7.31. The number of nitrogens with one attached hydrogen (secondary N) is 1. The highest BCUT2D eigenvalue weighted by Gasteiger charge is 2.30.